The van der Waals surface area contributed by atoms with Crippen LogP contribution in [0.2, 0.25) is 0 Å². The van der Waals surface area contributed by atoms with Crippen LogP contribution in [-0.4, -0.2) is 31.3 Å². The molecule has 1 heterocycles. The summed E-state index contributed by atoms with van der Waals surface area (Å²) in [6.07, 6.45) is 1.59. The van der Waals surface area contributed by atoms with Gasteiger partial charge in [-0.1, -0.05) is 28.1 Å². The van der Waals surface area contributed by atoms with Gasteiger partial charge in [0.2, 0.25) is 0 Å². The zero-order chi connectivity index (χ0) is 11.6. The quantitative estimate of drug-likeness (QED) is 0.840. The third kappa shape index (κ3) is 3.02. The van der Waals surface area contributed by atoms with Crippen molar-refractivity contribution in [1.29, 1.82) is 0 Å². The van der Waals surface area contributed by atoms with E-state index in [2.05, 4.69) is 31.6 Å². The maximum absolute atomic E-state index is 11.7. The Labute approximate surface area is 97.4 Å². The van der Waals surface area contributed by atoms with Gasteiger partial charge in [-0.2, -0.15) is 0 Å². The van der Waals surface area contributed by atoms with E-state index >= 15 is 0 Å². The number of halogens is 1. The van der Waals surface area contributed by atoms with Crippen LogP contribution in [0.5, 0.6) is 0 Å². The maximum Gasteiger partial charge on any atom is 0.273 e. The lowest BCUT2D eigenvalue weighted by Crippen LogP contribution is -2.48. The van der Waals surface area contributed by atoms with E-state index in [0.29, 0.717) is 5.69 Å². The van der Waals surface area contributed by atoms with Crippen LogP contribution >= 0.6 is 15.9 Å². The van der Waals surface area contributed by atoms with Gasteiger partial charge in [0.1, 0.15) is 0 Å². The molecule has 0 spiro atoms. The Morgan fingerprint density at radius 1 is 1.67 bits per heavy atom. The molecule has 1 unspecified atom stereocenters. The van der Waals surface area contributed by atoms with Crippen molar-refractivity contribution in [2.75, 3.05) is 0 Å². The number of hydrogen-bond donors (Lipinski definition) is 1. The van der Waals surface area contributed by atoms with E-state index in [-0.39, 0.29) is 16.3 Å². The number of rotatable bonds is 3. The Morgan fingerprint density at radius 3 is 2.67 bits per heavy atom. The Kier molecular flexibility index (Phi) is 3.49. The summed E-state index contributed by atoms with van der Waals surface area (Å²) in [5, 5.41) is 10.3. The molecule has 15 heavy (non-hydrogen) atoms. The van der Waals surface area contributed by atoms with Crippen molar-refractivity contribution in [3.8, 4) is 0 Å². The van der Waals surface area contributed by atoms with Crippen LogP contribution in [0.25, 0.3) is 0 Å². The van der Waals surface area contributed by atoms with E-state index in [1.54, 1.807) is 13.2 Å². The molecule has 1 aromatic heterocycles. The van der Waals surface area contributed by atoms with Gasteiger partial charge < -0.3 is 5.32 Å². The highest BCUT2D eigenvalue weighted by atomic mass is 79.9. The van der Waals surface area contributed by atoms with Gasteiger partial charge in [-0.15, -0.1) is 5.10 Å². The van der Waals surface area contributed by atoms with Crippen LogP contribution in [0.1, 0.15) is 31.3 Å². The van der Waals surface area contributed by atoms with E-state index < -0.39 is 0 Å². The molecule has 1 rings (SSSR count). The molecule has 0 fully saturated rings. The molecular weight excluding hydrogens is 260 g/mol. The second-order valence-electron chi connectivity index (χ2n) is 4.07. The molecular formula is C9H15BrN4O. The number of aromatic nitrogens is 3. The first-order valence-corrected chi connectivity index (χ1v) is 5.57. The topological polar surface area (TPSA) is 59.8 Å². The fourth-order valence-electron chi connectivity index (χ4n) is 0.907. The van der Waals surface area contributed by atoms with Crippen molar-refractivity contribution in [2.45, 2.75) is 31.1 Å². The molecule has 0 saturated carbocycles. The van der Waals surface area contributed by atoms with Crippen LogP contribution < -0.4 is 5.32 Å². The molecule has 1 aromatic rings. The Balaban J connectivity index is 2.72. The average Bonchev–Trinajstić information content (AvgIpc) is 2.50. The summed E-state index contributed by atoms with van der Waals surface area (Å²) < 4.78 is 1.50. The minimum Gasteiger partial charge on any atom is -0.345 e. The molecule has 0 aromatic carbocycles. The number of hydrogen-bond acceptors (Lipinski definition) is 3. The van der Waals surface area contributed by atoms with Crippen LogP contribution in [0.3, 0.4) is 0 Å². The van der Waals surface area contributed by atoms with Gasteiger partial charge in [-0.3, -0.25) is 9.48 Å². The minimum atomic E-state index is -0.325. The predicted octanol–water partition coefficient (Wildman–Crippen LogP) is 1.11. The molecule has 0 aliphatic heterocycles. The fraction of sp³-hybridized carbons (Fsp3) is 0.667. The maximum atomic E-state index is 11.7. The van der Waals surface area contributed by atoms with Gasteiger partial charge in [0.15, 0.2) is 5.69 Å². The van der Waals surface area contributed by atoms with Gasteiger partial charge >= 0.3 is 0 Å². The Hall–Kier alpha value is -0.910. The third-order valence-corrected chi connectivity index (χ3v) is 3.41. The fourth-order valence-corrected chi connectivity index (χ4v) is 1.02. The van der Waals surface area contributed by atoms with Gasteiger partial charge in [0.25, 0.3) is 5.91 Å². The molecule has 0 saturated heterocycles. The lowest BCUT2D eigenvalue weighted by atomic mass is 10.0. The van der Waals surface area contributed by atoms with E-state index in [9.17, 15) is 4.79 Å². The van der Waals surface area contributed by atoms with E-state index in [1.165, 1.54) is 4.68 Å². The molecule has 84 valence electrons. The second kappa shape index (κ2) is 4.30. The number of nitrogens with one attached hydrogen (secondary N) is 1. The molecule has 0 radical (unpaired) electrons. The van der Waals surface area contributed by atoms with Crippen LogP contribution in [0, 0.1) is 0 Å². The van der Waals surface area contributed by atoms with E-state index in [1.807, 2.05) is 20.8 Å². The largest absolute Gasteiger partial charge is 0.345 e. The SMILES string of the molecule is CC(Br)C(C)(C)NC(=O)c1cn(C)nn1. The number of carbonyl (C=O) groups excluding carboxylic acids is 1. The van der Waals surface area contributed by atoms with Crippen molar-refractivity contribution in [2.24, 2.45) is 7.05 Å². The third-order valence-electron chi connectivity index (χ3n) is 2.27. The summed E-state index contributed by atoms with van der Waals surface area (Å²) in [5.41, 5.74) is 0.00736. The van der Waals surface area contributed by atoms with Crippen molar-refractivity contribution >= 4 is 21.8 Å². The van der Waals surface area contributed by atoms with Crippen molar-refractivity contribution in [3.05, 3.63) is 11.9 Å². The summed E-state index contributed by atoms with van der Waals surface area (Å²) in [4.78, 5) is 11.9. The van der Waals surface area contributed by atoms with Crippen molar-refractivity contribution in [1.82, 2.24) is 20.3 Å². The molecule has 1 N–H and O–H groups in total. The first-order chi connectivity index (χ1) is 6.83. The number of amides is 1. The molecule has 0 aliphatic rings. The summed E-state index contributed by atoms with van der Waals surface area (Å²) in [6, 6.07) is 0. The normalized spacial score (nSPS) is 13.7. The number of carbonyl (C=O) groups is 1. The molecule has 0 bridgehead atoms. The monoisotopic (exact) mass is 274 g/mol. The summed E-state index contributed by atoms with van der Waals surface area (Å²) in [5.74, 6) is -0.209. The number of alkyl halides is 1. The van der Waals surface area contributed by atoms with Crippen molar-refractivity contribution < 1.29 is 4.79 Å². The van der Waals surface area contributed by atoms with Gasteiger partial charge in [-0.25, -0.2) is 0 Å². The standard InChI is InChI=1S/C9H15BrN4O/c1-6(10)9(2,3)11-8(15)7-5-14(4)13-12-7/h5-6H,1-4H3,(H,11,15). The van der Waals surface area contributed by atoms with E-state index in [4.69, 9.17) is 0 Å². The highest BCUT2D eigenvalue weighted by molar-refractivity contribution is 9.09. The first kappa shape index (κ1) is 12.2. The predicted molar refractivity (Wildman–Crippen MR) is 60.9 cm³/mol. The highest BCUT2D eigenvalue weighted by Crippen LogP contribution is 2.16. The van der Waals surface area contributed by atoms with Crippen molar-refractivity contribution in [3.63, 3.8) is 0 Å². The minimum absolute atomic E-state index is 0.172. The Bertz CT molecular complexity index is 359. The summed E-state index contributed by atoms with van der Waals surface area (Å²) in [6.45, 7) is 5.87. The average molecular weight is 275 g/mol. The smallest absolute Gasteiger partial charge is 0.273 e. The molecule has 0 aliphatic carbocycles. The molecule has 1 amide bonds. The molecule has 6 heteroatoms. The van der Waals surface area contributed by atoms with Gasteiger partial charge in [-0.05, 0) is 13.8 Å². The van der Waals surface area contributed by atoms with Crippen LogP contribution in [0.15, 0.2) is 6.20 Å². The lowest BCUT2D eigenvalue weighted by Gasteiger charge is -2.28. The van der Waals surface area contributed by atoms with Gasteiger partial charge in [0, 0.05) is 17.4 Å². The zero-order valence-electron chi connectivity index (χ0n) is 9.28. The summed E-state index contributed by atoms with van der Waals surface area (Å²) in [7, 11) is 1.72. The molecule has 1 atom stereocenters. The Morgan fingerprint density at radius 2 is 2.27 bits per heavy atom. The van der Waals surface area contributed by atoms with Gasteiger partial charge in [0.05, 0.1) is 6.20 Å². The second-order valence-corrected chi connectivity index (χ2v) is 5.44. The van der Waals surface area contributed by atoms with Crippen LogP contribution in [-0.2, 0) is 7.05 Å². The van der Waals surface area contributed by atoms with Crippen LogP contribution in [0.4, 0.5) is 0 Å². The molecule has 5 nitrogen and oxygen atoms in total. The highest BCUT2D eigenvalue weighted by Gasteiger charge is 2.27. The van der Waals surface area contributed by atoms with E-state index in [0.717, 1.165) is 0 Å². The number of aryl methyl sites for hydroxylation is 1. The summed E-state index contributed by atoms with van der Waals surface area (Å²) >= 11 is 3.45. The lowest BCUT2D eigenvalue weighted by molar-refractivity contribution is 0.0908. The zero-order valence-corrected chi connectivity index (χ0v) is 10.9. The first-order valence-electron chi connectivity index (χ1n) is 4.66. The number of nitrogens with zero attached hydrogens (tertiary/aromatic N) is 3.